The summed E-state index contributed by atoms with van der Waals surface area (Å²) in [5, 5.41) is 8.53. The molecular formula is C20H19N3O2. The number of aryl methyl sites for hydroxylation is 1. The van der Waals surface area contributed by atoms with E-state index in [2.05, 4.69) is 15.2 Å². The minimum Gasteiger partial charge on any atom is -0.496 e. The molecule has 25 heavy (non-hydrogen) atoms. The predicted octanol–water partition coefficient (Wildman–Crippen LogP) is 3.70. The molecule has 0 amide bonds. The molecule has 0 fully saturated rings. The summed E-state index contributed by atoms with van der Waals surface area (Å²) in [5.74, 6) is 0.562. The molecule has 0 N–H and O–H groups in total. The fourth-order valence-electron chi connectivity index (χ4n) is 2.70. The Morgan fingerprint density at radius 2 is 1.84 bits per heavy atom. The van der Waals surface area contributed by atoms with E-state index in [9.17, 15) is 4.79 Å². The highest BCUT2D eigenvalue weighted by molar-refractivity contribution is 6.08. The zero-order valence-electron chi connectivity index (χ0n) is 14.7. The molecule has 0 bridgehead atoms. The van der Waals surface area contributed by atoms with E-state index in [0.29, 0.717) is 11.3 Å². The Kier molecular flexibility index (Phi) is 4.57. The Hall–Kier alpha value is -3.08. The van der Waals surface area contributed by atoms with Gasteiger partial charge in [-0.1, -0.05) is 6.07 Å². The highest BCUT2D eigenvalue weighted by Crippen LogP contribution is 2.32. The van der Waals surface area contributed by atoms with Gasteiger partial charge in [-0.15, -0.1) is 10.2 Å². The number of benzene rings is 1. The number of methoxy groups -OCH3 is 1. The van der Waals surface area contributed by atoms with Crippen LogP contribution in [0.2, 0.25) is 0 Å². The van der Waals surface area contributed by atoms with Crippen LogP contribution in [0.1, 0.15) is 32.7 Å². The SMILES string of the molecule is COc1cc(C)ccc1-c1nnc(C(=O)c2cccnc2)c(C)c1C. The van der Waals surface area contributed by atoms with Crippen LogP contribution in [0.4, 0.5) is 0 Å². The van der Waals surface area contributed by atoms with E-state index < -0.39 is 0 Å². The number of aromatic nitrogens is 3. The lowest BCUT2D eigenvalue weighted by atomic mass is 9.98. The van der Waals surface area contributed by atoms with Crippen molar-refractivity contribution in [3.8, 4) is 17.0 Å². The van der Waals surface area contributed by atoms with E-state index in [1.807, 2.05) is 39.0 Å². The van der Waals surface area contributed by atoms with Crippen LogP contribution in [0.15, 0.2) is 42.7 Å². The van der Waals surface area contributed by atoms with Crippen LogP contribution in [0.25, 0.3) is 11.3 Å². The van der Waals surface area contributed by atoms with Crippen molar-refractivity contribution in [3.05, 3.63) is 70.7 Å². The van der Waals surface area contributed by atoms with Gasteiger partial charge in [-0.05, 0) is 61.7 Å². The summed E-state index contributed by atoms with van der Waals surface area (Å²) >= 11 is 0. The molecule has 126 valence electrons. The van der Waals surface area contributed by atoms with Gasteiger partial charge in [0.05, 0.1) is 12.8 Å². The molecule has 2 heterocycles. The second-order valence-electron chi connectivity index (χ2n) is 5.92. The molecule has 3 aromatic rings. The van der Waals surface area contributed by atoms with Crippen molar-refractivity contribution in [2.45, 2.75) is 20.8 Å². The van der Waals surface area contributed by atoms with Crippen molar-refractivity contribution >= 4 is 5.78 Å². The first-order valence-corrected chi connectivity index (χ1v) is 7.96. The van der Waals surface area contributed by atoms with Gasteiger partial charge in [-0.2, -0.15) is 0 Å². The minimum absolute atomic E-state index is 0.177. The minimum atomic E-state index is -0.177. The molecular weight excluding hydrogens is 314 g/mol. The molecule has 3 rings (SSSR count). The zero-order chi connectivity index (χ0) is 18.0. The predicted molar refractivity (Wildman–Crippen MR) is 95.9 cm³/mol. The summed E-state index contributed by atoms with van der Waals surface area (Å²) in [6.45, 7) is 5.84. The number of hydrogen-bond acceptors (Lipinski definition) is 5. The molecule has 0 radical (unpaired) electrons. The maximum atomic E-state index is 12.7. The van der Waals surface area contributed by atoms with Gasteiger partial charge >= 0.3 is 0 Å². The quantitative estimate of drug-likeness (QED) is 0.681. The third-order valence-electron chi connectivity index (χ3n) is 4.27. The molecule has 1 aromatic carbocycles. The summed E-state index contributed by atoms with van der Waals surface area (Å²) in [4.78, 5) is 16.7. The molecule has 5 heteroatoms. The molecule has 0 saturated carbocycles. The first-order chi connectivity index (χ1) is 12.0. The van der Waals surface area contributed by atoms with Crippen molar-refractivity contribution in [2.24, 2.45) is 0 Å². The topological polar surface area (TPSA) is 65.0 Å². The van der Waals surface area contributed by atoms with Crippen LogP contribution in [0, 0.1) is 20.8 Å². The second-order valence-corrected chi connectivity index (χ2v) is 5.92. The maximum absolute atomic E-state index is 12.7. The van der Waals surface area contributed by atoms with Gasteiger partial charge in [0, 0.05) is 23.5 Å². The summed E-state index contributed by atoms with van der Waals surface area (Å²) in [6, 6.07) is 9.38. The highest BCUT2D eigenvalue weighted by atomic mass is 16.5. The number of rotatable bonds is 4. The lowest BCUT2D eigenvalue weighted by molar-refractivity contribution is 0.103. The molecule has 0 unspecified atom stereocenters. The normalized spacial score (nSPS) is 10.6. The highest BCUT2D eigenvalue weighted by Gasteiger charge is 2.20. The largest absolute Gasteiger partial charge is 0.496 e. The standard InChI is InChI=1S/C20H19N3O2/c1-12-7-8-16(17(10-12)25-4)18-13(2)14(3)19(23-22-18)20(24)15-6-5-9-21-11-15/h5-11H,1-4H3. The zero-order valence-corrected chi connectivity index (χ0v) is 14.7. The van der Waals surface area contributed by atoms with Crippen molar-refractivity contribution in [3.63, 3.8) is 0 Å². The third-order valence-corrected chi connectivity index (χ3v) is 4.27. The number of ketones is 1. The Labute approximate surface area is 146 Å². The molecule has 0 saturated heterocycles. The van der Waals surface area contributed by atoms with Gasteiger partial charge in [-0.25, -0.2) is 0 Å². The van der Waals surface area contributed by atoms with Gasteiger partial charge in [0.1, 0.15) is 11.4 Å². The number of carbonyl (C=O) groups excluding carboxylic acids is 1. The first-order valence-electron chi connectivity index (χ1n) is 7.96. The number of nitrogens with zero attached hydrogens (tertiary/aromatic N) is 3. The van der Waals surface area contributed by atoms with E-state index >= 15 is 0 Å². The summed E-state index contributed by atoms with van der Waals surface area (Å²) in [5.41, 5.74) is 5.25. The monoisotopic (exact) mass is 333 g/mol. The average molecular weight is 333 g/mol. The fraction of sp³-hybridized carbons (Fsp3) is 0.200. The van der Waals surface area contributed by atoms with Crippen LogP contribution >= 0.6 is 0 Å². The van der Waals surface area contributed by atoms with Gasteiger partial charge in [0.25, 0.3) is 0 Å². The van der Waals surface area contributed by atoms with Crippen molar-refractivity contribution in [2.75, 3.05) is 7.11 Å². The number of ether oxygens (including phenoxy) is 1. The van der Waals surface area contributed by atoms with E-state index in [0.717, 1.165) is 33.7 Å². The van der Waals surface area contributed by atoms with Gasteiger partial charge in [-0.3, -0.25) is 9.78 Å². The van der Waals surface area contributed by atoms with Crippen LogP contribution in [0.3, 0.4) is 0 Å². The van der Waals surface area contributed by atoms with E-state index in [1.165, 1.54) is 6.20 Å². The molecule has 0 aliphatic rings. The molecule has 0 spiro atoms. The molecule has 2 aromatic heterocycles. The van der Waals surface area contributed by atoms with Crippen LogP contribution in [-0.2, 0) is 0 Å². The van der Waals surface area contributed by atoms with E-state index in [1.54, 1.807) is 25.4 Å². The average Bonchev–Trinajstić information content (AvgIpc) is 2.64. The molecule has 0 atom stereocenters. The van der Waals surface area contributed by atoms with Crippen LogP contribution in [0.5, 0.6) is 5.75 Å². The Morgan fingerprint density at radius 1 is 1.04 bits per heavy atom. The number of hydrogen-bond donors (Lipinski definition) is 0. The van der Waals surface area contributed by atoms with Crippen LogP contribution in [-0.4, -0.2) is 28.1 Å². The molecule has 0 aliphatic carbocycles. The summed E-state index contributed by atoms with van der Waals surface area (Å²) < 4.78 is 5.48. The van der Waals surface area contributed by atoms with E-state index in [-0.39, 0.29) is 5.78 Å². The lowest BCUT2D eigenvalue weighted by Gasteiger charge is -2.13. The van der Waals surface area contributed by atoms with Gasteiger partial charge in [0.2, 0.25) is 5.78 Å². The van der Waals surface area contributed by atoms with Crippen molar-refractivity contribution < 1.29 is 9.53 Å². The van der Waals surface area contributed by atoms with Crippen molar-refractivity contribution in [1.82, 2.24) is 15.2 Å². The summed E-state index contributed by atoms with van der Waals surface area (Å²) in [7, 11) is 1.63. The van der Waals surface area contributed by atoms with Gasteiger partial charge < -0.3 is 4.74 Å². The molecule has 0 aliphatic heterocycles. The smallest absolute Gasteiger partial charge is 0.215 e. The van der Waals surface area contributed by atoms with Crippen molar-refractivity contribution in [1.29, 1.82) is 0 Å². The third kappa shape index (κ3) is 3.13. The van der Waals surface area contributed by atoms with Gasteiger partial charge in [0.15, 0.2) is 0 Å². The second kappa shape index (κ2) is 6.81. The molecule has 5 nitrogen and oxygen atoms in total. The lowest BCUT2D eigenvalue weighted by Crippen LogP contribution is -2.11. The van der Waals surface area contributed by atoms with Crippen LogP contribution < -0.4 is 4.74 Å². The Bertz CT molecular complexity index is 937. The number of pyridine rings is 1. The Morgan fingerprint density at radius 3 is 2.52 bits per heavy atom. The number of carbonyl (C=O) groups is 1. The maximum Gasteiger partial charge on any atom is 0.215 e. The fourth-order valence-corrected chi connectivity index (χ4v) is 2.70. The van der Waals surface area contributed by atoms with E-state index in [4.69, 9.17) is 4.74 Å². The first kappa shape index (κ1) is 16.8. The summed E-state index contributed by atoms with van der Waals surface area (Å²) in [6.07, 6.45) is 3.17. The Balaban J connectivity index is 2.09.